The smallest absolute Gasteiger partial charge is 0.245 e. The Hall–Kier alpha value is -1.26. The van der Waals surface area contributed by atoms with Gasteiger partial charge in [0.2, 0.25) is 5.91 Å². The number of hydrogen-bond acceptors (Lipinski definition) is 3. The van der Waals surface area contributed by atoms with E-state index in [9.17, 15) is 4.79 Å². The molecule has 5 heteroatoms. The third-order valence-corrected chi connectivity index (χ3v) is 2.14. The van der Waals surface area contributed by atoms with Gasteiger partial charge >= 0.3 is 0 Å². The second-order valence-electron chi connectivity index (χ2n) is 2.92. The summed E-state index contributed by atoms with van der Waals surface area (Å²) in [5.41, 5.74) is 7.20. The van der Waals surface area contributed by atoms with Gasteiger partial charge in [-0.3, -0.25) is 4.79 Å². The Balaban J connectivity index is 0.000000980. The molecule has 1 amide bonds. The average molecular weight is 215 g/mol. The largest absolute Gasteiger partial charge is 0.497 e. The standard InChI is InChI=1S/C9H10N2O2.ClH/c1-13-5-2-3-6-7(4-5)11-9(12)8(6)10;/h2-4,8H,10H2,1H3,(H,11,12);1H. The molecule has 14 heavy (non-hydrogen) atoms. The molecule has 0 aromatic heterocycles. The van der Waals surface area contributed by atoms with Crippen LogP contribution in [0.4, 0.5) is 5.69 Å². The predicted molar refractivity (Wildman–Crippen MR) is 55.8 cm³/mol. The maximum atomic E-state index is 11.2. The maximum Gasteiger partial charge on any atom is 0.245 e. The minimum Gasteiger partial charge on any atom is -0.497 e. The van der Waals surface area contributed by atoms with Crippen LogP contribution in [0.1, 0.15) is 11.6 Å². The first kappa shape index (κ1) is 10.8. The number of nitrogens with one attached hydrogen (secondary N) is 1. The molecule has 1 atom stereocenters. The minimum atomic E-state index is -0.541. The van der Waals surface area contributed by atoms with Crippen molar-refractivity contribution in [1.82, 2.24) is 0 Å². The lowest BCUT2D eigenvalue weighted by Gasteiger charge is -2.03. The molecule has 0 saturated carbocycles. The summed E-state index contributed by atoms with van der Waals surface area (Å²) in [6.45, 7) is 0. The van der Waals surface area contributed by atoms with Crippen LogP contribution in [0.3, 0.4) is 0 Å². The number of halogens is 1. The fourth-order valence-corrected chi connectivity index (χ4v) is 1.39. The molecular formula is C9H11ClN2O2. The Labute approximate surface area is 87.8 Å². The molecular weight excluding hydrogens is 204 g/mol. The van der Waals surface area contributed by atoms with Crippen molar-refractivity contribution in [3.05, 3.63) is 23.8 Å². The molecule has 1 aromatic rings. The number of methoxy groups -OCH3 is 1. The quantitative estimate of drug-likeness (QED) is 0.735. The van der Waals surface area contributed by atoms with Gasteiger partial charge in [0.15, 0.2) is 0 Å². The number of carbonyl (C=O) groups is 1. The normalized spacial score (nSPS) is 18.1. The lowest BCUT2D eigenvalue weighted by Crippen LogP contribution is -2.19. The first-order valence-corrected chi connectivity index (χ1v) is 3.97. The molecule has 0 aliphatic carbocycles. The molecule has 1 aliphatic heterocycles. The van der Waals surface area contributed by atoms with Crippen molar-refractivity contribution in [3.8, 4) is 5.75 Å². The lowest BCUT2D eigenvalue weighted by atomic mass is 10.1. The van der Waals surface area contributed by atoms with Gasteiger partial charge in [-0.2, -0.15) is 0 Å². The summed E-state index contributed by atoms with van der Waals surface area (Å²) in [7, 11) is 1.58. The number of anilines is 1. The summed E-state index contributed by atoms with van der Waals surface area (Å²) >= 11 is 0. The summed E-state index contributed by atoms with van der Waals surface area (Å²) in [6.07, 6.45) is 0. The molecule has 1 heterocycles. The molecule has 0 radical (unpaired) electrons. The molecule has 1 unspecified atom stereocenters. The zero-order chi connectivity index (χ0) is 9.42. The van der Waals surface area contributed by atoms with Crippen molar-refractivity contribution >= 4 is 24.0 Å². The van der Waals surface area contributed by atoms with E-state index in [-0.39, 0.29) is 18.3 Å². The number of fused-ring (bicyclic) bond motifs is 1. The van der Waals surface area contributed by atoms with Crippen LogP contribution in [0.5, 0.6) is 5.75 Å². The Bertz CT molecular complexity index is 368. The number of benzene rings is 1. The first-order chi connectivity index (χ1) is 6.22. The first-order valence-electron chi connectivity index (χ1n) is 3.97. The predicted octanol–water partition coefficient (Wildman–Crippen LogP) is 1.07. The lowest BCUT2D eigenvalue weighted by molar-refractivity contribution is -0.116. The zero-order valence-corrected chi connectivity index (χ0v) is 8.43. The molecule has 0 bridgehead atoms. The van der Waals surface area contributed by atoms with Gasteiger partial charge in [-0.15, -0.1) is 12.4 Å². The van der Waals surface area contributed by atoms with Gasteiger partial charge < -0.3 is 15.8 Å². The van der Waals surface area contributed by atoms with Crippen LogP contribution in [0.2, 0.25) is 0 Å². The molecule has 1 aliphatic rings. The van der Waals surface area contributed by atoms with E-state index < -0.39 is 6.04 Å². The summed E-state index contributed by atoms with van der Waals surface area (Å²) in [4.78, 5) is 11.2. The summed E-state index contributed by atoms with van der Waals surface area (Å²) in [6, 6.07) is 4.82. The van der Waals surface area contributed by atoms with E-state index in [0.29, 0.717) is 5.75 Å². The Morgan fingerprint density at radius 2 is 2.21 bits per heavy atom. The van der Waals surface area contributed by atoms with E-state index in [1.807, 2.05) is 0 Å². The Kier molecular flexibility index (Phi) is 2.98. The highest BCUT2D eigenvalue weighted by atomic mass is 35.5. The van der Waals surface area contributed by atoms with E-state index in [1.54, 1.807) is 25.3 Å². The van der Waals surface area contributed by atoms with Crippen LogP contribution in [0, 0.1) is 0 Å². The number of ether oxygens (including phenoxy) is 1. The molecule has 0 fully saturated rings. The average Bonchev–Trinajstić information content (AvgIpc) is 2.42. The fourth-order valence-electron chi connectivity index (χ4n) is 1.39. The van der Waals surface area contributed by atoms with Crippen LogP contribution in [0.15, 0.2) is 18.2 Å². The summed E-state index contributed by atoms with van der Waals surface area (Å²) < 4.78 is 5.02. The van der Waals surface area contributed by atoms with Crippen molar-refractivity contribution < 1.29 is 9.53 Å². The number of rotatable bonds is 1. The number of hydrogen-bond donors (Lipinski definition) is 2. The maximum absolute atomic E-state index is 11.2. The third-order valence-electron chi connectivity index (χ3n) is 2.14. The second kappa shape index (κ2) is 3.86. The molecule has 1 aromatic carbocycles. The number of nitrogens with two attached hydrogens (primary N) is 1. The van der Waals surface area contributed by atoms with Crippen LogP contribution < -0.4 is 15.8 Å². The van der Waals surface area contributed by atoms with E-state index in [1.165, 1.54) is 0 Å². The van der Waals surface area contributed by atoms with Crippen LogP contribution in [-0.4, -0.2) is 13.0 Å². The summed E-state index contributed by atoms with van der Waals surface area (Å²) in [5, 5.41) is 2.68. The van der Waals surface area contributed by atoms with E-state index in [0.717, 1.165) is 11.3 Å². The fraction of sp³-hybridized carbons (Fsp3) is 0.222. The van der Waals surface area contributed by atoms with E-state index in [2.05, 4.69) is 5.32 Å². The molecule has 0 spiro atoms. The van der Waals surface area contributed by atoms with Gasteiger partial charge in [-0.05, 0) is 6.07 Å². The zero-order valence-electron chi connectivity index (χ0n) is 7.61. The number of amides is 1. The topological polar surface area (TPSA) is 64.3 Å². The highest BCUT2D eigenvalue weighted by Crippen LogP contribution is 2.31. The molecule has 4 nitrogen and oxygen atoms in total. The monoisotopic (exact) mass is 214 g/mol. The van der Waals surface area contributed by atoms with Gasteiger partial charge in [0.25, 0.3) is 0 Å². The highest BCUT2D eigenvalue weighted by Gasteiger charge is 2.26. The molecule has 76 valence electrons. The SMILES string of the molecule is COc1ccc2c(c1)NC(=O)C2N.Cl. The Morgan fingerprint density at radius 1 is 1.50 bits per heavy atom. The highest BCUT2D eigenvalue weighted by molar-refractivity contribution is 6.02. The summed E-state index contributed by atoms with van der Waals surface area (Å²) in [5.74, 6) is 0.552. The van der Waals surface area contributed by atoms with Gasteiger partial charge in [0, 0.05) is 17.3 Å². The molecule has 0 saturated heterocycles. The van der Waals surface area contributed by atoms with Gasteiger partial charge in [-0.25, -0.2) is 0 Å². The van der Waals surface area contributed by atoms with Crippen molar-refractivity contribution in [2.75, 3.05) is 12.4 Å². The van der Waals surface area contributed by atoms with Crippen LogP contribution >= 0.6 is 12.4 Å². The minimum absolute atomic E-state index is 0. The van der Waals surface area contributed by atoms with Crippen molar-refractivity contribution in [1.29, 1.82) is 0 Å². The molecule has 2 rings (SSSR count). The molecule has 3 N–H and O–H groups in total. The van der Waals surface area contributed by atoms with Crippen molar-refractivity contribution in [3.63, 3.8) is 0 Å². The van der Waals surface area contributed by atoms with Gasteiger partial charge in [0.05, 0.1) is 7.11 Å². The third kappa shape index (κ3) is 1.54. The van der Waals surface area contributed by atoms with E-state index in [4.69, 9.17) is 10.5 Å². The van der Waals surface area contributed by atoms with Crippen LogP contribution in [-0.2, 0) is 4.79 Å². The second-order valence-corrected chi connectivity index (χ2v) is 2.92. The Morgan fingerprint density at radius 3 is 2.86 bits per heavy atom. The van der Waals surface area contributed by atoms with Gasteiger partial charge in [0.1, 0.15) is 11.8 Å². The van der Waals surface area contributed by atoms with Gasteiger partial charge in [-0.1, -0.05) is 6.07 Å². The van der Waals surface area contributed by atoms with E-state index >= 15 is 0 Å². The van der Waals surface area contributed by atoms with Crippen molar-refractivity contribution in [2.45, 2.75) is 6.04 Å². The number of carbonyl (C=O) groups excluding carboxylic acids is 1. The van der Waals surface area contributed by atoms with Crippen molar-refractivity contribution in [2.24, 2.45) is 5.73 Å². The van der Waals surface area contributed by atoms with Crippen LogP contribution in [0.25, 0.3) is 0 Å².